The van der Waals surface area contributed by atoms with Gasteiger partial charge in [-0.15, -0.1) is 11.6 Å². The maximum absolute atomic E-state index is 5.67. The third-order valence-corrected chi connectivity index (χ3v) is 2.34. The molecule has 0 spiro atoms. The zero-order valence-electron chi connectivity index (χ0n) is 7.92. The molecule has 14 heavy (non-hydrogen) atoms. The van der Waals surface area contributed by atoms with E-state index >= 15 is 0 Å². The molecule has 0 radical (unpaired) electrons. The van der Waals surface area contributed by atoms with Crippen molar-refractivity contribution in [3.05, 3.63) is 41.9 Å². The van der Waals surface area contributed by atoms with Crippen molar-refractivity contribution in [2.45, 2.75) is 12.8 Å². The second-order valence-electron chi connectivity index (χ2n) is 3.25. The van der Waals surface area contributed by atoms with Gasteiger partial charge in [0.25, 0.3) is 0 Å². The molecule has 1 aromatic heterocycles. The number of aryl methyl sites for hydroxylation is 1. The predicted octanol–water partition coefficient (Wildman–Crippen LogP) is 3.12. The summed E-state index contributed by atoms with van der Waals surface area (Å²) in [5.74, 6) is 1.23. The lowest BCUT2D eigenvalue weighted by molar-refractivity contribution is 1.12. The van der Waals surface area contributed by atoms with E-state index in [1.165, 1.54) is 5.56 Å². The molecular weight excluding hydrogens is 196 g/mol. The molecule has 72 valence electrons. The minimum atomic E-state index is 0.422. The monoisotopic (exact) mass is 206 g/mol. The van der Waals surface area contributed by atoms with E-state index in [-0.39, 0.29) is 0 Å². The summed E-state index contributed by atoms with van der Waals surface area (Å²) in [5, 5.41) is 0. The van der Waals surface area contributed by atoms with Crippen molar-refractivity contribution < 1.29 is 0 Å². The van der Waals surface area contributed by atoms with Gasteiger partial charge in [0, 0.05) is 0 Å². The molecule has 0 bridgehead atoms. The highest BCUT2D eigenvalue weighted by atomic mass is 35.5. The molecule has 1 heterocycles. The number of hydrogen-bond acceptors (Lipinski definition) is 1. The van der Waals surface area contributed by atoms with Gasteiger partial charge in [0.1, 0.15) is 5.82 Å². The van der Waals surface area contributed by atoms with E-state index in [4.69, 9.17) is 11.6 Å². The van der Waals surface area contributed by atoms with E-state index in [1.807, 2.05) is 12.3 Å². The van der Waals surface area contributed by atoms with E-state index in [2.05, 4.69) is 35.1 Å². The molecule has 0 fully saturated rings. The molecule has 1 aromatic carbocycles. The van der Waals surface area contributed by atoms with Crippen LogP contribution in [0.2, 0.25) is 0 Å². The van der Waals surface area contributed by atoms with Gasteiger partial charge in [-0.3, -0.25) is 0 Å². The van der Waals surface area contributed by atoms with Crippen LogP contribution in [0, 0.1) is 6.92 Å². The van der Waals surface area contributed by atoms with Crippen LogP contribution in [0.15, 0.2) is 30.5 Å². The Bertz CT molecular complexity index is 434. The molecule has 0 amide bonds. The predicted molar refractivity (Wildman–Crippen MR) is 58.3 cm³/mol. The molecule has 0 aliphatic carbocycles. The van der Waals surface area contributed by atoms with Crippen molar-refractivity contribution in [1.82, 2.24) is 9.97 Å². The van der Waals surface area contributed by atoms with E-state index < -0.39 is 0 Å². The minimum Gasteiger partial charge on any atom is -0.341 e. The summed E-state index contributed by atoms with van der Waals surface area (Å²) in [6.07, 6.45) is 1.81. The van der Waals surface area contributed by atoms with Crippen molar-refractivity contribution in [1.29, 1.82) is 0 Å². The zero-order chi connectivity index (χ0) is 9.97. The molecule has 0 atom stereocenters. The van der Waals surface area contributed by atoms with Gasteiger partial charge in [-0.2, -0.15) is 0 Å². The van der Waals surface area contributed by atoms with Crippen molar-refractivity contribution in [3.63, 3.8) is 0 Å². The summed E-state index contributed by atoms with van der Waals surface area (Å²) in [5.41, 5.74) is 3.41. The SMILES string of the molecule is Cc1cccc(-c2cnc(CCl)[nH]2)c1. The zero-order valence-corrected chi connectivity index (χ0v) is 8.67. The van der Waals surface area contributed by atoms with Crippen molar-refractivity contribution >= 4 is 11.6 Å². The fraction of sp³-hybridized carbons (Fsp3) is 0.182. The lowest BCUT2D eigenvalue weighted by Crippen LogP contribution is -1.81. The number of imidazole rings is 1. The summed E-state index contributed by atoms with van der Waals surface area (Å²) in [4.78, 5) is 7.32. The Hall–Kier alpha value is -1.28. The maximum Gasteiger partial charge on any atom is 0.121 e. The van der Waals surface area contributed by atoms with Crippen LogP contribution >= 0.6 is 11.6 Å². The third-order valence-electron chi connectivity index (χ3n) is 2.08. The summed E-state index contributed by atoms with van der Waals surface area (Å²) in [6.45, 7) is 2.07. The van der Waals surface area contributed by atoms with Gasteiger partial charge in [-0.05, 0) is 18.6 Å². The van der Waals surface area contributed by atoms with Gasteiger partial charge in [0.05, 0.1) is 17.8 Å². The van der Waals surface area contributed by atoms with Gasteiger partial charge < -0.3 is 4.98 Å². The number of rotatable bonds is 2. The smallest absolute Gasteiger partial charge is 0.121 e. The summed E-state index contributed by atoms with van der Waals surface area (Å²) in [7, 11) is 0. The van der Waals surface area contributed by atoms with Gasteiger partial charge in [-0.25, -0.2) is 4.98 Å². The first-order valence-corrected chi connectivity index (χ1v) is 5.00. The Balaban J connectivity index is 2.39. The maximum atomic E-state index is 5.67. The van der Waals surface area contributed by atoms with E-state index in [0.29, 0.717) is 5.88 Å². The van der Waals surface area contributed by atoms with Gasteiger partial charge in [0.15, 0.2) is 0 Å². The van der Waals surface area contributed by atoms with Crippen LogP contribution in [0.4, 0.5) is 0 Å². The largest absolute Gasteiger partial charge is 0.341 e. The van der Waals surface area contributed by atoms with Crippen molar-refractivity contribution in [3.8, 4) is 11.3 Å². The third kappa shape index (κ3) is 1.80. The average Bonchev–Trinajstić information content (AvgIpc) is 2.66. The number of benzene rings is 1. The lowest BCUT2D eigenvalue weighted by atomic mass is 10.1. The molecule has 0 unspecified atom stereocenters. The van der Waals surface area contributed by atoms with Crippen molar-refractivity contribution in [2.24, 2.45) is 0 Å². The van der Waals surface area contributed by atoms with Gasteiger partial charge in [-0.1, -0.05) is 23.8 Å². The summed E-state index contributed by atoms with van der Waals surface area (Å²) < 4.78 is 0. The van der Waals surface area contributed by atoms with E-state index in [1.54, 1.807) is 0 Å². The number of aromatic nitrogens is 2. The van der Waals surface area contributed by atoms with Crippen LogP contribution in [-0.2, 0) is 5.88 Å². The molecule has 3 heteroatoms. The highest BCUT2D eigenvalue weighted by Gasteiger charge is 2.01. The van der Waals surface area contributed by atoms with Crippen LogP contribution in [0.5, 0.6) is 0 Å². The Morgan fingerprint density at radius 2 is 2.29 bits per heavy atom. The van der Waals surface area contributed by atoms with E-state index in [9.17, 15) is 0 Å². The molecule has 2 rings (SSSR count). The van der Waals surface area contributed by atoms with Crippen LogP contribution in [0.25, 0.3) is 11.3 Å². The number of H-pyrrole nitrogens is 1. The number of nitrogens with one attached hydrogen (secondary N) is 1. The number of nitrogens with zero attached hydrogens (tertiary/aromatic N) is 1. The Labute approximate surface area is 88.0 Å². The van der Waals surface area contributed by atoms with Crippen LogP contribution < -0.4 is 0 Å². The Kier molecular flexibility index (Phi) is 2.55. The van der Waals surface area contributed by atoms with Crippen molar-refractivity contribution in [2.75, 3.05) is 0 Å². The highest BCUT2D eigenvalue weighted by Crippen LogP contribution is 2.18. The molecule has 0 aliphatic heterocycles. The first-order chi connectivity index (χ1) is 6.79. The van der Waals surface area contributed by atoms with Gasteiger partial charge >= 0.3 is 0 Å². The molecule has 0 aliphatic rings. The average molecular weight is 207 g/mol. The quantitative estimate of drug-likeness (QED) is 0.752. The minimum absolute atomic E-state index is 0.422. The topological polar surface area (TPSA) is 28.7 Å². The van der Waals surface area contributed by atoms with Crippen LogP contribution in [0.3, 0.4) is 0 Å². The van der Waals surface area contributed by atoms with Crippen LogP contribution in [0.1, 0.15) is 11.4 Å². The van der Waals surface area contributed by atoms with Gasteiger partial charge in [0.2, 0.25) is 0 Å². The molecule has 2 nitrogen and oxygen atoms in total. The Morgan fingerprint density at radius 3 is 2.93 bits per heavy atom. The molecule has 0 saturated carbocycles. The molecule has 1 N–H and O–H groups in total. The fourth-order valence-corrected chi connectivity index (χ4v) is 1.53. The standard InChI is InChI=1S/C11H11ClN2/c1-8-3-2-4-9(5-8)10-7-13-11(6-12)14-10/h2-5,7H,6H2,1H3,(H,13,14). The molecule has 0 saturated heterocycles. The van der Waals surface area contributed by atoms with Crippen LogP contribution in [-0.4, -0.2) is 9.97 Å². The molecule has 2 aromatic rings. The number of halogens is 1. The number of alkyl halides is 1. The summed E-state index contributed by atoms with van der Waals surface area (Å²) in [6, 6.07) is 8.28. The van der Waals surface area contributed by atoms with E-state index in [0.717, 1.165) is 17.1 Å². The Morgan fingerprint density at radius 1 is 1.43 bits per heavy atom. The molecular formula is C11H11ClN2. The normalized spacial score (nSPS) is 10.4. The second kappa shape index (κ2) is 3.84. The number of hydrogen-bond donors (Lipinski definition) is 1. The lowest BCUT2D eigenvalue weighted by Gasteiger charge is -1.98. The number of aromatic amines is 1. The highest BCUT2D eigenvalue weighted by molar-refractivity contribution is 6.16. The summed E-state index contributed by atoms with van der Waals surface area (Å²) >= 11 is 5.67. The fourth-order valence-electron chi connectivity index (χ4n) is 1.39. The first-order valence-electron chi connectivity index (χ1n) is 4.46. The first kappa shape index (κ1) is 9.28. The second-order valence-corrected chi connectivity index (χ2v) is 3.51.